The zero-order chi connectivity index (χ0) is 14.7. The maximum absolute atomic E-state index is 10.8. The van der Waals surface area contributed by atoms with E-state index in [-0.39, 0.29) is 5.56 Å². The van der Waals surface area contributed by atoms with E-state index in [1.54, 1.807) is 24.3 Å². The number of carboxylic acid groups (broad SMARTS) is 1. The second kappa shape index (κ2) is 5.58. The average Bonchev–Trinajstić information content (AvgIpc) is 2.53. The number of carboxylic acids is 1. The summed E-state index contributed by atoms with van der Waals surface area (Å²) in [5.41, 5.74) is 2.16. The molecule has 0 saturated heterocycles. The van der Waals surface area contributed by atoms with Crippen molar-refractivity contribution in [1.82, 2.24) is 9.97 Å². The van der Waals surface area contributed by atoms with E-state index in [9.17, 15) is 4.79 Å². The van der Waals surface area contributed by atoms with Crippen molar-refractivity contribution < 1.29 is 9.90 Å². The van der Waals surface area contributed by atoms with E-state index >= 15 is 0 Å². The van der Waals surface area contributed by atoms with Gasteiger partial charge in [0.15, 0.2) is 0 Å². The van der Waals surface area contributed by atoms with Gasteiger partial charge in [-0.25, -0.2) is 14.8 Å². The topological polar surface area (TPSA) is 75.1 Å². The second-order valence-electron chi connectivity index (χ2n) is 4.60. The van der Waals surface area contributed by atoms with Crippen molar-refractivity contribution >= 4 is 22.7 Å². The van der Waals surface area contributed by atoms with Gasteiger partial charge in [0, 0.05) is 11.9 Å². The molecule has 2 aromatic carbocycles. The van der Waals surface area contributed by atoms with Gasteiger partial charge in [0.25, 0.3) is 0 Å². The first-order valence-electron chi connectivity index (χ1n) is 6.50. The lowest BCUT2D eigenvalue weighted by molar-refractivity contribution is 0.0697. The lowest BCUT2D eigenvalue weighted by Crippen LogP contribution is -2.03. The molecule has 0 amide bonds. The Bertz CT molecular complexity index is 780. The normalized spacial score (nSPS) is 10.5. The molecule has 2 N–H and O–H groups in total. The number of aromatic carboxylic acids is 1. The number of benzene rings is 2. The van der Waals surface area contributed by atoms with Crippen molar-refractivity contribution in [3.8, 4) is 0 Å². The van der Waals surface area contributed by atoms with Crippen LogP contribution in [-0.2, 0) is 6.54 Å². The van der Waals surface area contributed by atoms with Gasteiger partial charge in [0.1, 0.15) is 12.1 Å². The Labute approximate surface area is 121 Å². The summed E-state index contributed by atoms with van der Waals surface area (Å²) in [4.78, 5) is 19.3. The number of hydrogen-bond donors (Lipinski definition) is 2. The first kappa shape index (κ1) is 13.1. The van der Waals surface area contributed by atoms with Crippen LogP contribution >= 0.6 is 0 Å². The Morgan fingerprint density at radius 1 is 1.05 bits per heavy atom. The highest BCUT2D eigenvalue weighted by atomic mass is 16.4. The molecule has 0 spiro atoms. The first-order chi connectivity index (χ1) is 10.2. The number of para-hydroxylation sites is 1. The molecule has 3 rings (SSSR count). The van der Waals surface area contributed by atoms with Crippen LogP contribution in [-0.4, -0.2) is 21.0 Å². The van der Waals surface area contributed by atoms with E-state index in [0.717, 1.165) is 22.3 Å². The fourth-order valence-corrected chi connectivity index (χ4v) is 2.10. The van der Waals surface area contributed by atoms with Gasteiger partial charge in [-0.1, -0.05) is 24.3 Å². The summed E-state index contributed by atoms with van der Waals surface area (Å²) in [6.07, 6.45) is 1.53. The van der Waals surface area contributed by atoms with Gasteiger partial charge >= 0.3 is 5.97 Å². The summed E-state index contributed by atoms with van der Waals surface area (Å²) in [6.45, 7) is 0.570. The Kier molecular flexibility index (Phi) is 3.47. The molecule has 5 nitrogen and oxygen atoms in total. The van der Waals surface area contributed by atoms with Crippen LogP contribution < -0.4 is 5.32 Å². The summed E-state index contributed by atoms with van der Waals surface area (Å²) < 4.78 is 0. The van der Waals surface area contributed by atoms with Crippen LogP contribution in [0, 0.1) is 0 Å². The lowest BCUT2D eigenvalue weighted by atomic mass is 10.1. The summed E-state index contributed by atoms with van der Waals surface area (Å²) >= 11 is 0. The predicted molar refractivity (Wildman–Crippen MR) is 80.3 cm³/mol. The van der Waals surface area contributed by atoms with Gasteiger partial charge in [0.05, 0.1) is 11.1 Å². The Balaban J connectivity index is 1.79. The number of nitrogens with one attached hydrogen (secondary N) is 1. The minimum Gasteiger partial charge on any atom is -0.478 e. The number of hydrogen-bond acceptors (Lipinski definition) is 4. The number of anilines is 1. The Morgan fingerprint density at radius 2 is 1.81 bits per heavy atom. The van der Waals surface area contributed by atoms with Crippen LogP contribution in [0.4, 0.5) is 5.82 Å². The molecule has 104 valence electrons. The minimum absolute atomic E-state index is 0.284. The van der Waals surface area contributed by atoms with Crippen LogP contribution in [0.2, 0.25) is 0 Å². The number of carbonyl (C=O) groups is 1. The van der Waals surface area contributed by atoms with Gasteiger partial charge < -0.3 is 10.4 Å². The maximum Gasteiger partial charge on any atom is 0.335 e. The van der Waals surface area contributed by atoms with Crippen LogP contribution in [0.3, 0.4) is 0 Å². The number of fused-ring (bicyclic) bond motifs is 1. The zero-order valence-electron chi connectivity index (χ0n) is 11.2. The van der Waals surface area contributed by atoms with E-state index in [0.29, 0.717) is 6.54 Å². The first-order valence-corrected chi connectivity index (χ1v) is 6.50. The van der Waals surface area contributed by atoms with Gasteiger partial charge in [-0.2, -0.15) is 0 Å². The van der Waals surface area contributed by atoms with Crippen LogP contribution in [0.1, 0.15) is 15.9 Å². The highest BCUT2D eigenvalue weighted by Crippen LogP contribution is 2.19. The smallest absolute Gasteiger partial charge is 0.335 e. The third-order valence-electron chi connectivity index (χ3n) is 3.20. The molecule has 0 aliphatic carbocycles. The quantitative estimate of drug-likeness (QED) is 0.768. The molecular formula is C16H13N3O2. The molecule has 0 unspecified atom stereocenters. The lowest BCUT2D eigenvalue weighted by Gasteiger charge is -2.08. The zero-order valence-corrected chi connectivity index (χ0v) is 11.2. The SMILES string of the molecule is O=C(O)c1ccc(CNc2ncnc3ccccc23)cc1. The molecule has 0 radical (unpaired) electrons. The molecule has 3 aromatic rings. The van der Waals surface area contributed by atoms with Crippen LogP contribution in [0.15, 0.2) is 54.9 Å². The fraction of sp³-hybridized carbons (Fsp3) is 0.0625. The molecule has 0 aliphatic heterocycles. The molecule has 1 heterocycles. The van der Waals surface area contributed by atoms with E-state index in [2.05, 4.69) is 15.3 Å². The van der Waals surface area contributed by atoms with Crippen LogP contribution in [0.5, 0.6) is 0 Å². The van der Waals surface area contributed by atoms with Crippen molar-refractivity contribution in [2.24, 2.45) is 0 Å². The Morgan fingerprint density at radius 3 is 2.57 bits per heavy atom. The highest BCUT2D eigenvalue weighted by Gasteiger charge is 2.04. The van der Waals surface area contributed by atoms with Crippen molar-refractivity contribution in [2.75, 3.05) is 5.32 Å². The second-order valence-corrected chi connectivity index (χ2v) is 4.60. The number of nitrogens with zero attached hydrogens (tertiary/aromatic N) is 2. The average molecular weight is 279 g/mol. The monoisotopic (exact) mass is 279 g/mol. The molecule has 1 aromatic heterocycles. The number of rotatable bonds is 4. The summed E-state index contributed by atoms with van der Waals surface area (Å²) in [7, 11) is 0. The Hall–Kier alpha value is -2.95. The van der Waals surface area contributed by atoms with Crippen molar-refractivity contribution in [3.05, 3.63) is 66.0 Å². The van der Waals surface area contributed by atoms with Crippen LogP contribution in [0.25, 0.3) is 10.9 Å². The summed E-state index contributed by atoms with van der Waals surface area (Å²) in [5.74, 6) is -0.154. The number of aromatic nitrogens is 2. The third kappa shape index (κ3) is 2.81. The van der Waals surface area contributed by atoms with E-state index < -0.39 is 5.97 Å². The summed E-state index contributed by atoms with van der Waals surface area (Å²) in [5, 5.41) is 13.1. The van der Waals surface area contributed by atoms with Crippen molar-refractivity contribution in [3.63, 3.8) is 0 Å². The fourth-order valence-electron chi connectivity index (χ4n) is 2.10. The largest absolute Gasteiger partial charge is 0.478 e. The predicted octanol–water partition coefficient (Wildman–Crippen LogP) is 2.94. The van der Waals surface area contributed by atoms with Gasteiger partial charge in [-0.05, 0) is 29.8 Å². The van der Waals surface area contributed by atoms with E-state index in [1.165, 1.54) is 6.33 Å². The molecule has 0 bridgehead atoms. The van der Waals surface area contributed by atoms with Crippen molar-refractivity contribution in [2.45, 2.75) is 6.54 Å². The molecule has 0 saturated carbocycles. The van der Waals surface area contributed by atoms with Gasteiger partial charge in [-0.3, -0.25) is 0 Å². The molecular weight excluding hydrogens is 266 g/mol. The molecule has 0 aliphatic rings. The van der Waals surface area contributed by atoms with E-state index in [1.807, 2.05) is 24.3 Å². The van der Waals surface area contributed by atoms with E-state index in [4.69, 9.17) is 5.11 Å². The molecule has 21 heavy (non-hydrogen) atoms. The van der Waals surface area contributed by atoms with Gasteiger partial charge in [-0.15, -0.1) is 0 Å². The van der Waals surface area contributed by atoms with Crippen molar-refractivity contribution in [1.29, 1.82) is 0 Å². The minimum atomic E-state index is -0.920. The molecule has 5 heteroatoms. The summed E-state index contributed by atoms with van der Waals surface area (Å²) in [6, 6.07) is 14.5. The molecule has 0 atom stereocenters. The highest BCUT2D eigenvalue weighted by molar-refractivity contribution is 5.89. The van der Waals surface area contributed by atoms with Gasteiger partial charge in [0.2, 0.25) is 0 Å². The standard InChI is InChI=1S/C16H13N3O2/c20-16(21)12-7-5-11(6-8-12)9-17-15-13-3-1-2-4-14(13)18-10-19-15/h1-8,10H,9H2,(H,20,21)(H,17,18,19). The third-order valence-corrected chi connectivity index (χ3v) is 3.20. The maximum atomic E-state index is 10.8. The molecule has 0 fully saturated rings.